The highest BCUT2D eigenvalue weighted by atomic mass is 32.9. The van der Waals surface area contributed by atoms with Crippen molar-refractivity contribution in [2.45, 2.75) is 19.7 Å². The van der Waals surface area contributed by atoms with Gasteiger partial charge >= 0.3 is 0 Å². The molecular formula is C11H15N2O3PS3. The molecule has 2 heterocycles. The summed E-state index contributed by atoms with van der Waals surface area (Å²) in [5.41, 5.74) is -0.971. The number of hydrogen-bond acceptors (Lipinski definition) is 7. The van der Waals surface area contributed by atoms with E-state index >= 15 is 0 Å². The number of rotatable bonds is 7. The van der Waals surface area contributed by atoms with Crippen LogP contribution in [-0.4, -0.2) is 22.8 Å². The molecule has 20 heavy (non-hydrogen) atoms. The molecule has 0 saturated carbocycles. The van der Waals surface area contributed by atoms with Gasteiger partial charge < -0.3 is 13.5 Å². The SMILES string of the molecule is CCOP(=S)(OCC)SCn1c(=S)oc2cccnc21. The standard InChI is InChI=1S/C11H15N2O3PS3/c1-3-14-17(19,15-4-2)20-8-13-10-9(16-11(13)18)6-5-7-12-10/h5-7H,3-4,8H2,1-2H3. The summed E-state index contributed by atoms with van der Waals surface area (Å²) in [5.74, 6) is 0.500. The van der Waals surface area contributed by atoms with Crippen molar-refractivity contribution >= 4 is 52.3 Å². The molecule has 0 spiro atoms. The Balaban J connectivity index is 2.22. The van der Waals surface area contributed by atoms with E-state index in [0.29, 0.717) is 35.2 Å². The first kappa shape index (κ1) is 16.1. The smallest absolute Gasteiger partial charge is 0.271 e. The van der Waals surface area contributed by atoms with Crippen LogP contribution >= 0.6 is 29.3 Å². The van der Waals surface area contributed by atoms with Crippen molar-refractivity contribution in [2.24, 2.45) is 0 Å². The predicted molar refractivity (Wildman–Crippen MR) is 88.0 cm³/mol. The number of hydrogen-bond donors (Lipinski definition) is 0. The summed E-state index contributed by atoms with van der Waals surface area (Å²) in [7, 11) is 0. The Morgan fingerprint density at radius 2 is 2.10 bits per heavy atom. The summed E-state index contributed by atoms with van der Waals surface area (Å²) >= 11 is 12.1. The van der Waals surface area contributed by atoms with Gasteiger partial charge in [0.05, 0.1) is 19.1 Å². The van der Waals surface area contributed by atoms with E-state index in [9.17, 15) is 0 Å². The summed E-state index contributed by atoms with van der Waals surface area (Å²) in [5, 5.41) is 0. The fourth-order valence-corrected chi connectivity index (χ4v) is 6.15. The van der Waals surface area contributed by atoms with E-state index in [2.05, 4.69) is 4.98 Å². The normalized spacial score (nSPS) is 12.1. The van der Waals surface area contributed by atoms with E-state index in [1.807, 2.05) is 26.0 Å². The number of aromatic nitrogens is 2. The second kappa shape index (κ2) is 7.15. The third-order valence-electron chi connectivity index (χ3n) is 2.34. The van der Waals surface area contributed by atoms with Gasteiger partial charge in [-0.25, -0.2) is 4.98 Å². The van der Waals surface area contributed by atoms with Crippen LogP contribution in [0.5, 0.6) is 0 Å². The van der Waals surface area contributed by atoms with Gasteiger partial charge in [-0.15, -0.1) is 0 Å². The lowest BCUT2D eigenvalue weighted by Gasteiger charge is -2.19. The molecular weight excluding hydrogens is 335 g/mol. The summed E-state index contributed by atoms with van der Waals surface area (Å²) in [6, 6.07) is 3.64. The van der Waals surface area contributed by atoms with E-state index in [0.717, 1.165) is 0 Å². The fourth-order valence-electron chi connectivity index (χ4n) is 1.57. The van der Waals surface area contributed by atoms with Gasteiger partial charge in [-0.1, -0.05) is 0 Å². The van der Waals surface area contributed by atoms with Crippen molar-refractivity contribution < 1.29 is 13.5 Å². The topological polar surface area (TPSA) is 49.4 Å². The van der Waals surface area contributed by atoms with Gasteiger partial charge in [0.2, 0.25) is 5.69 Å². The van der Waals surface area contributed by atoms with Crippen LogP contribution in [0.1, 0.15) is 13.8 Å². The Morgan fingerprint density at radius 3 is 2.75 bits per heavy atom. The van der Waals surface area contributed by atoms with Crippen molar-refractivity contribution in [3.8, 4) is 0 Å². The van der Waals surface area contributed by atoms with Crippen molar-refractivity contribution in [3.63, 3.8) is 0 Å². The summed E-state index contributed by atoms with van der Waals surface area (Å²) in [6.45, 7) is 4.86. The third kappa shape index (κ3) is 3.69. The monoisotopic (exact) mass is 350 g/mol. The van der Waals surface area contributed by atoms with Gasteiger partial charge in [0, 0.05) is 6.20 Å². The van der Waals surface area contributed by atoms with E-state index < -0.39 is 5.69 Å². The number of fused-ring (bicyclic) bond motifs is 1. The lowest BCUT2D eigenvalue weighted by atomic mass is 10.5. The molecule has 0 aliphatic heterocycles. The molecule has 0 aliphatic rings. The second-order valence-electron chi connectivity index (χ2n) is 3.66. The molecule has 2 aromatic heterocycles. The molecule has 0 atom stereocenters. The minimum atomic E-state index is -2.34. The predicted octanol–water partition coefficient (Wildman–Crippen LogP) is 4.35. The minimum Gasteiger partial charge on any atom is -0.428 e. The molecule has 0 N–H and O–H groups in total. The van der Waals surface area contributed by atoms with E-state index in [-0.39, 0.29) is 0 Å². The molecule has 2 aromatic rings. The molecule has 0 bridgehead atoms. The van der Waals surface area contributed by atoms with Crippen molar-refractivity contribution in [3.05, 3.63) is 23.2 Å². The van der Waals surface area contributed by atoms with Crippen molar-refractivity contribution in [2.75, 3.05) is 13.2 Å². The molecule has 0 radical (unpaired) electrons. The zero-order valence-electron chi connectivity index (χ0n) is 11.1. The highest BCUT2D eigenvalue weighted by molar-refractivity contribution is 8.67. The molecule has 9 heteroatoms. The van der Waals surface area contributed by atoms with Gasteiger partial charge in [-0.2, -0.15) is 0 Å². The van der Waals surface area contributed by atoms with E-state index in [1.54, 1.807) is 10.8 Å². The minimum absolute atomic E-state index is 0.376. The van der Waals surface area contributed by atoms with E-state index in [1.165, 1.54) is 11.4 Å². The first-order valence-electron chi connectivity index (χ1n) is 6.07. The first-order chi connectivity index (χ1) is 9.59. The van der Waals surface area contributed by atoms with Crippen LogP contribution in [-0.2, 0) is 26.7 Å². The van der Waals surface area contributed by atoms with Crippen molar-refractivity contribution in [1.82, 2.24) is 9.55 Å². The van der Waals surface area contributed by atoms with Crippen LogP contribution in [0.25, 0.3) is 11.2 Å². The van der Waals surface area contributed by atoms with Crippen LogP contribution in [0.4, 0.5) is 0 Å². The Morgan fingerprint density at radius 1 is 1.40 bits per heavy atom. The van der Waals surface area contributed by atoms with Gasteiger partial charge in [0.1, 0.15) is 0 Å². The van der Waals surface area contributed by atoms with Gasteiger partial charge in [0.25, 0.3) is 4.84 Å². The van der Waals surface area contributed by atoms with Crippen LogP contribution in [0.3, 0.4) is 0 Å². The van der Waals surface area contributed by atoms with E-state index in [4.69, 9.17) is 37.5 Å². The van der Waals surface area contributed by atoms with Crippen LogP contribution in [0.2, 0.25) is 0 Å². The average Bonchev–Trinajstić information content (AvgIpc) is 2.73. The van der Waals surface area contributed by atoms with Gasteiger partial charge in [0.15, 0.2) is 11.2 Å². The molecule has 110 valence electrons. The second-order valence-corrected chi connectivity index (χ2v) is 10.3. The van der Waals surface area contributed by atoms with Gasteiger partial charge in [-0.05, 0) is 61.4 Å². The number of nitrogens with zero attached hydrogens (tertiary/aromatic N) is 2. The molecule has 0 saturated heterocycles. The lowest BCUT2D eigenvalue weighted by molar-refractivity contribution is 0.280. The molecule has 2 rings (SSSR count). The quantitative estimate of drug-likeness (QED) is 0.543. The zero-order valence-corrected chi connectivity index (χ0v) is 14.5. The Labute approximate surface area is 131 Å². The third-order valence-corrected chi connectivity index (χ3v) is 7.99. The fraction of sp³-hybridized carbons (Fsp3) is 0.455. The Bertz CT molecular complexity index is 675. The van der Waals surface area contributed by atoms with Crippen LogP contribution in [0.15, 0.2) is 22.7 Å². The highest BCUT2D eigenvalue weighted by Gasteiger charge is 2.20. The van der Waals surface area contributed by atoms with Crippen molar-refractivity contribution in [1.29, 1.82) is 0 Å². The highest BCUT2D eigenvalue weighted by Crippen LogP contribution is 2.61. The summed E-state index contributed by atoms with van der Waals surface area (Å²) in [4.78, 5) is 4.66. The molecule has 0 aliphatic carbocycles. The lowest BCUT2D eigenvalue weighted by Crippen LogP contribution is -1.98. The molecule has 0 amide bonds. The van der Waals surface area contributed by atoms with Gasteiger partial charge in [-0.3, -0.25) is 4.57 Å². The molecule has 0 fully saturated rings. The molecule has 5 nitrogen and oxygen atoms in total. The molecule has 0 aromatic carbocycles. The maximum absolute atomic E-state index is 5.59. The largest absolute Gasteiger partial charge is 0.428 e. The number of pyridine rings is 1. The average molecular weight is 350 g/mol. The number of oxazole rings is 1. The maximum Gasteiger partial charge on any atom is 0.271 e. The zero-order chi connectivity index (χ0) is 14.6. The molecule has 0 unspecified atom stereocenters. The van der Waals surface area contributed by atoms with Crippen LogP contribution < -0.4 is 0 Å². The first-order valence-corrected chi connectivity index (χ1v) is 10.7. The summed E-state index contributed by atoms with van der Waals surface area (Å²) < 4.78 is 18.5. The Hall–Kier alpha value is -0.240. The maximum atomic E-state index is 5.59. The summed E-state index contributed by atoms with van der Waals surface area (Å²) in [6.07, 6.45) is 1.70. The van der Waals surface area contributed by atoms with Crippen LogP contribution in [0, 0.1) is 4.84 Å². The Kier molecular flexibility index (Phi) is 5.77.